The summed E-state index contributed by atoms with van der Waals surface area (Å²) in [5.74, 6) is -2.33. The molecule has 1 saturated heterocycles. The predicted octanol–water partition coefficient (Wildman–Crippen LogP) is 2.79. The molecule has 1 aliphatic rings. The van der Waals surface area contributed by atoms with Crippen molar-refractivity contribution in [3.05, 3.63) is 71.8 Å². The van der Waals surface area contributed by atoms with Gasteiger partial charge in [-0.25, -0.2) is 14.5 Å². The van der Waals surface area contributed by atoms with Gasteiger partial charge < -0.3 is 9.84 Å². The van der Waals surface area contributed by atoms with E-state index in [0.717, 1.165) is 4.90 Å². The summed E-state index contributed by atoms with van der Waals surface area (Å²) in [6.07, 6.45) is -1.16. The van der Waals surface area contributed by atoms with E-state index >= 15 is 0 Å². The maximum Gasteiger partial charge on any atom is 0.418 e. The van der Waals surface area contributed by atoms with Crippen molar-refractivity contribution in [2.24, 2.45) is 0 Å². The number of hydrogen-bond donors (Lipinski definition) is 1. The van der Waals surface area contributed by atoms with E-state index < -0.39 is 29.6 Å². The van der Waals surface area contributed by atoms with Gasteiger partial charge in [0.2, 0.25) is 0 Å². The lowest BCUT2D eigenvalue weighted by molar-refractivity contribution is -0.162. The average molecular weight is 339 g/mol. The third-order valence-electron chi connectivity index (χ3n) is 4.33. The molecule has 0 saturated carbocycles. The molecule has 0 radical (unpaired) electrons. The number of aliphatic carboxylic acids is 1. The molecule has 1 heterocycles. The molecule has 6 heteroatoms. The predicted molar refractivity (Wildman–Crippen MR) is 88.7 cm³/mol. The molecule has 1 fully saturated rings. The number of amides is 2. The monoisotopic (exact) mass is 339 g/mol. The Morgan fingerprint density at radius 3 is 2.20 bits per heavy atom. The molecule has 0 aromatic heterocycles. The highest BCUT2D eigenvalue weighted by molar-refractivity contribution is 6.15. The van der Waals surface area contributed by atoms with E-state index in [-0.39, 0.29) is 6.42 Å². The number of nitrogens with zero attached hydrogens (tertiary/aromatic N) is 1. The Balaban J connectivity index is 1.96. The Kier molecular flexibility index (Phi) is 4.27. The van der Waals surface area contributed by atoms with Crippen LogP contribution in [0, 0.1) is 0 Å². The highest BCUT2D eigenvalue weighted by Crippen LogP contribution is 2.34. The maximum atomic E-state index is 12.9. The van der Waals surface area contributed by atoms with E-state index in [2.05, 4.69) is 0 Å². The number of hydrogen-bond acceptors (Lipinski definition) is 4. The number of benzene rings is 2. The topological polar surface area (TPSA) is 83.9 Å². The standard InChI is InChI=1S/C19H17NO5/c1-13(15-10-6-3-7-11-15)20-16(21)19(17(22)23,25-18(20)24)12-14-8-4-2-5-9-14/h2-11,13H,12H2,1H3,(H,22,23)/t13-,19+/m1/s1. The largest absolute Gasteiger partial charge is 0.478 e. The summed E-state index contributed by atoms with van der Waals surface area (Å²) < 4.78 is 5.12. The molecule has 25 heavy (non-hydrogen) atoms. The zero-order chi connectivity index (χ0) is 18.0. The van der Waals surface area contributed by atoms with Crippen LogP contribution in [0.3, 0.4) is 0 Å². The Morgan fingerprint density at radius 1 is 1.08 bits per heavy atom. The normalized spacial score (nSPS) is 21.1. The van der Waals surface area contributed by atoms with Crippen LogP contribution < -0.4 is 0 Å². The van der Waals surface area contributed by atoms with Gasteiger partial charge in [0.25, 0.3) is 11.5 Å². The zero-order valence-corrected chi connectivity index (χ0v) is 13.6. The molecule has 0 aliphatic carbocycles. The quantitative estimate of drug-likeness (QED) is 0.847. The second kappa shape index (κ2) is 6.39. The Bertz CT molecular complexity index is 805. The molecular weight excluding hydrogens is 322 g/mol. The Hall–Kier alpha value is -3.15. The number of imide groups is 1. The first-order valence-electron chi connectivity index (χ1n) is 7.84. The van der Waals surface area contributed by atoms with Crippen molar-refractivity contribution in [2.45, 2.75) is 25.0 Å². The lowest BCUT2D eigenvalue weighted by Gasteiger charge is -2.23. The summed E-state index contributed by atoms with van der Waals surface area (Å²) in [5.41, 5.74) is -0.921. The number of cyclic esters (lactones) is 1. The minimum Gasteiger partial charge on any atom is -0.478 e. The van der Waals surface area contributed by atoms with Crippen molar-refractivity contribution in [2.75, 3.05) is 0 Å². The van der Waals surface area contributed by atoms with E-state index in [0.29, 0.717) is 11.1 Å². The number of carboxylic acids is 1. The van der Waals surface area contributed by atoms with Crippen LogP contribution in [0.2, 0.25) is 0 Å². The lowest BCUT2D eigenvalue weighted by Crippen LogP contribution is -2.50. The summed E-state index contributed by atoms with van der Waals surface area (Å²) in [4.78, 5) is 38.0. The molecule has 2 amide bonds. The van der Waals surface area contributed by atoms with E-state index in [4.69, 9.17) is 4.74 Å². The van der Waals surface area contributed by atoms with Gasteiger partial charge in [-0.1, -0.05) is 60.7 Å². The number of ether oxygens (including phenoxy) is 1. The molecule has 6 nitrogen and oxygen atoms in total. The maximum absolute atomic E-state index is 12.9. The van der Waals surface area contributed by atoms with Crippen molar-refractivity contribution in [1.82, 2.24) is 4.90 Å². The summed E-state index contributed by atoms with van der Waals surface area (Å²) in [6.45, 7) is 1.66. The van der Waals surface area contributed by atoms with Crippen molar-refractivity contribution < 1.29 is 24.2 Å². The SMILES string of the molecule is C[C@H](c1ccccc1)N1C(=O)O[C@](Cc2ccccc2)(C(=O)O)C1=O. The molecule has 2 atom stereocenters. The van der Waals surface area contributed by atoms with Gasteiger partial charge in [0.05, 0.1) is 6.04 Å². The van der Waals surface area contributed by atoms with Crippen LogP contribution in [-0.2, 0) is 20.7 Å². The van der Waals surface area contributed by atoms with Crippen molar-refractivity contribution in [3.63, 3.8) is 0 Å². The van der Waals surface area contributed by atoms with Gasteiger partial charge in [-0.2, -0.15) is 0 Å². The van der Waals surface area contributed by atoms with E-state index in [1.807, 2.05) is 6.07 Å². The van der Waals surface area contributed by atoms with Gasteiger partial charge >= 0.3 is 12.1 Å². The minimum absolute atomic E-state index is 0.217. The van der Waals surface area contributed by atoms with E-state index in [1.54, 1.807) is 61.5 Å². The summed E-state index contributed by atoms with van der Waals surface area (Å²) in [6, 6.07) is 16.9. The molecule has 1 aliphatic heterocycles. The van der Waals surface area contributed by atoms with Gasteiger partial charge in [0, 0.05) is 6.42 Å². The zero-order valence-electron chi connectivity index (χ0n) is 13.6. The molecule has 0 bridgehead atoms. The van der Waals surface area contributed by atoms with Crippen LogP contribution in [0.15, 0.2) is 60.7 Å². The van der Waals surface area contributed by atoms with Crippen LogP contribution >= 0.6 is 0 Å². The van der Waals surface area contributed by atoms with Gasteiger partial charge in [0.1, 0.15) is 0 Å². The van der Waals surface area contributed by atoms with E-state index in [9.17, 15) is 19.5 Å². The van der Waals surface area contributed by atoms with Gasteiger partial charge in [0.15, 0.2) is 0 Å². The highest BCUT2D eigenvalue weighted by atomic mass is 16.6. The average Bonchev–Trinajstić information content (AvgIpc) is 2.87. The van der Waals surface area contributed by atoms with Crippen LogP contribution in [0.4, 0.5) is 4.79 Å². The Labute approximate surface area is 144 Å². The first-order valence-corrected chi connectivity index (χ1v) is 7.84. The lowest BCUT2D eigenvalue weighted by atomic mass is 9.93. The molecule has 1 N–H and O–H groups in total. The third-order valence-corrected chi connectivity index (χ3v) is 4.33. The number of carboxylic acid groups (broad SMARTS) is 1. The number of carbonyl (C=O) groups excluding carboxylic acids is 2. The van der Waals surface area contributed by atoms with Crippen molar-refractivity contribution >= 4 is 18.0 Å². The molecule has 128 valence electrons. The number of rotatable bonds is 5. The van der Waals surface area contributed by atoms with Crippen LogP contribution in [0.1, 0.15) is 24.1 Å². The first-order chi connectivity index (χ1) is 12.0. The second-order valence-corrected chi connectivity index (χ2v) is 5.92. The summed E-state index contributed by atoms with van der Waals surface area (Å²) >= 11 is 0. The minimum atomic E-state index is -2.23. The fourth-order valence-corrected chi connectivity index (χ4v) is 2.94. The number of carbonyl (C=O) groups is 3. The smallest absolute Gasteiger partial charge is 0.418 e. The van der Waals surface area contributed by atoms with Crippen molar-refractivity contribution in [3.8, 4) is 0 Å². The fourth-order valence-electron chi connectivity index (χ4n) is 2.94. The van der Waals surface area contributed by atoms with Gasteiger partial charge in [-0.15, -0.1) is 0 Å². The Morgan fingerprint density at radius 2 is 1.64 bits per heavy atom. The molecule has 0 spiro atoms. The fraction of sp³-hybridized carbons (Fsp3) is 0.211. The third kappa shape index (κ3) is 2.87. The van der Waals surface area contributed by atoms with Crippen LogP contribution in [0.5, 0.6) is 0 Å². The second-order valence-electron chi connectivity index (χ2n) is 5.92. The summed E-state index contributed by atoms with van der Waals surface area (Å²) in [7, 11) is 0. The molecule has 2 aromatic carbocycles. The molecule has 2 aromatic rings. The highest BCUT2D eigenvalue weighted by Gasteiger charge is 2.61. The first kappa shape index (κ1) is 16.7. The van der Waals surface area contributed by atoms with Crippen LogP contribution in [-0.4, -0.2) is 33.6 Å². The summed E-state index contributed by atoms with van der Waals surface area (Å²) in [5, 5.41) is 9.66. The molecular formula is C19H17NO5. The molecule has 3 rings (SSSR count). The van der Waals surface area contributed by atoms with E-state index in [1.165, 1.54) is 0 Å². The molecule has 0 unspecified atom stereocenters. The van der Waals surface area contributed by atoms with Gasteiger partial charge in [-0.05, 0) is 18.1 Å². The van der Waals surface area contributed by atoms with Crippen molar-refractivity contribution in [1.29, 1.82) is 0 Å². The van der Waals surface area contributed by atoms with Crippen LogP contribution in [0.25, 0.3) is 0 Å². The van der Waals surface area contributed by atoms with Gasteiger partial charge in [-0.3, -0.25) is 4.79 Å².